The molecule has 5 heteroatoms. The molecule has 0 amide bonds. The fourth-order valence-corrected chi connectivity index (χ4v) is 2.40. The van der Waals surface area contributed by atoms with Gasteiger partial charge in [-0.2, -0.15) is 0 Å². The molecular weight excluding hydrogens is 242 g/mol. The second-order valence-electron chi connectivity index (χ2n) is 4.60. The Hall–Kier alpha value is -0.320. The van der Waals surface area contributed by atoms with Gasteiger partial charge in [0.1, 0.15) is 5.15 Å². The van der Waals surface area contributed by atoms with Crippen LogP contribution < -0.4 is 4.90 Å². The molecule has 1 rings (SSSR count). The summed E-state index contributed by atoms with van der Waals surface area (Å²) in [6.07, 6.45) is 0. The molecule has 0 aromatic carbocycles. The molecular formula is C11H20ClN3S. The average Bonchev–Trinajstić information content (AvgIpc) is 2.58. The van der Waals surface area contributed by atoms with Crippen LogP contribution in [-0.4, -0.2) is 43.6 Å². The van der Waals surface area contributed by atoms with Gasteiger partial charge in [-0.05, 0) is 20.0 Å². The van der Waals surface area contributed by atoms with Crippen LogP contribution >= 0.6 is 22.9 Å². The van der Waals surface area contributed by atoms with Crippen LogP contribution in [-0.2, 0) is 0 Å². The quantitative estimate of drug-likeness (QED) is 0.785. The van der Waals surface area contributed by atoms with E-state index in [2.05, 4.69) is 42.7 Å². The van der Waals surface area contributed by atoms with Crippen molar-refractivity contribution in [1.29, 1.82) is 0 Å². The van der Waals surface area contributed by atoms with Crippen molar-refractivity contribution in [2.24, 2.45) is 5.92 Å². The Morgan fingerprint density at radius 2 is 2.06 bits per heavy atom. The van der Waals surface area contributed by atoms with Gasteiger partial charge in [-0.25, -0.2) is 4.98 Å². The van der Waals surface area contributed by atoms with Crippen molar-refractivity contribution in [2.75, 3.05) is 38.6 Å². The number of rotatable bonds is 6. The molecule has 0 spiro atoms. The topological polar surface area (TPSA) is 19.4 Å². The van der Waals surface area contributed by atoms with E-state index in [0.717, 1.165) is 24.8 Å². The Balaban J connectivity index is 2.63. The van der Waals surface area contributed by atoms with E-state index in [0.29, 0.717) is 11.1 Å². The maximum absolute atomic E-state index is 5.87. The molecule has 0 unspecified atom stereocenters. The zero-order valence-corrected chi connectivity index (χ0v) is 12.0. The highest BCUT2D eigenvalue weighted by Crippen LogP contribution is 2.23. The van der Waals surface area contributed by atoms with E-state index in [1.807, 2.05) is 5.38 Å². The minimum Gasteiger partial charge on any atom is -0.347 e. The number of hydrogen-bond donors (Lipinski definition) is 0. The molecule has 0 bridgehead atoms. The van der Waals surface area contributed by atoms with Gasteiger partial charge in [0, 0.05) is 25.0 Å². The van der Waals surface area contributed by atoms with Crippen molar-refractivity contribution in [3.05, 3.63) is 10.5 Å². The molecule has 1 aromatic rings. The van der Waals surface area contributed by atoms with Crippen LogP contribution in [0.2, 0.25) is 5.15 Å². The fourth-order valence-electron chi connectivity index (χ4n) is 1.42. The molecule has 0 atom stereocenters. The first kappa shape index (κ1) is 13.7. The second kappa shape index (κ2) is 6.42. The number of anilines is 1. The normalized spacial score (nSPS) is 11.4. The Bertz CT molecular complexity index is 312. The highest BCUT2D eigenvalue weighted by atomic mass is 35.5. The smallest absolute Gasteiger partial charge is 0.186 e. The molecule has 92 valence electrons. The third-order valence-electron chi connectivity index (χ3n) is 2.14. The SMILES string of the molecule is CC(C)CN(CCN(C)C)c1nc(Cl)cs1. The summed E-state index contributed by atoms with van der Waals surface area (Å²) in [5.74, 6) is 0.629. The highest BCUT2D eigenvalue weighted by molar-refractivity contribution is 7.14. The second-order valence-corrected chi connectivity index (χ2v) is 5.82. The van der Waals surface area contributed by atoms with Crippen molar-refractivity contribution >= 4 is 28.1 Å². The third kappa shape index (κ3) is 4.68. The van der Waals surface area contributed by atoms with Crippen molar-refractivity contribution < 1.29 is 0 Å². The van der Waals surface area contributed by atoms with Gasteiger partial charge in [0.25, 0.3) is 0 Å². The molecule has 0 aliphatic carbocycles. The zero-order valence-electron chi connectivity index (χ0n) is 10.4. The van der Waals surface area contributed by atoms with Gasteiger partial charge in [-0.1, -0.05) is 25.4 Å². The summed E-state index contributed by atoms with van der Waals surface area (Å²) >= 11 is 7.48. The van der Waals surface area contributed by atoms with Gasteiger partial charge in [0.2, 0.25) is 0 Å². The third-order valence-corrected chi connectivity index (χ3v) is 3.36. The molecule has 1 heterocycles. The summed E-state index contributed by atoms with van der Waals surface area (Å²) in [5.41, 5.74) is 0. The van der Waals surface area contributed by atoms with Crippen molar-refractivity contribution in [3.63, 3.8) is 0 Å². The van der Waals surface area contributed by atoms with Crippen molar-refractivity contribution in [1.82, 2.24) is 9.88 Å². The highest BCUT2D eigenvalue weighted by Gasteiger charge is 2.12. The molecule has 3 nitrogen and oxygen atoms in total. The number of aromatic nitrogens is 1. The minimum atomic E-state index is 0.596. The van der Waals surface area contributed by atoms with Gasteiger partial charge < -0.3 is 9.80 Å². The average molecular weight is 262 g/mol. The first-order chi connectivity index (χ1) is 7.49. The molecule has 0 saturated carbocycles. The van der Waals surface area contributed by atoms with Crippen LogP contribution in [0.25, 0.3) is 0 Å². The van der Waals surface area contributed by atoms with Crippen LogP contribution in [0.3, 0.4) is 0 Å². The predicted octanol–water partition coefficient (Wildman–Crippen LogP) is 2.82. The summed E-state index contributed by atoms with van der Waals surface area (Å²) in [4.78, 5) is 8.82. The van der Waals surface area contributed by atoms with Gasteiger partial charge >= 0.3 is 0 Å². The summed E-state index contributed by atoms with van der Waals surface area (Å²) in [7, 11) is 4.17. The molecule has 0 aliphatic rings. The van der Waals surface area contributed by atoms with Gasteiger partial charge in [-0.15, -0.1) is 11.3 Å². The lowest BCUT2D eigenvalue weighted by molar-refractivity contribution is 0.409. The standard InChI is InChI=1S/C11H20ClN3S/c1-9(2)7-15(6-5-14(3)4)11-13-10(12)8-16-11/h8-9H,5-7H2,1-4H3. The van der Waals surface area contributed by atoms with E-state index in [9.17, 15) is 0 Å². The van der Waals surface area contributed by atoms with E-state index in [4.69, 9.17) is 11.6 Å². The van der Waals surface area contributed by atoms with E-state index in [1.54, 1.807) is 11.3 Å². The number of likely N-dealkylation sites (N-methyl/N-ethyl adjacent to an activating group) is 1. The maximum atomic E-state index is 5.87. The summed E-state index contributed by atoms with van der Waals surface area (Å²) in [6, 6.07) is 0. The fraction of sp³-hybridized carbons (Fsp3) is 0.727. The largest absolute Gasteiger partial charge is 0.347 e. The van der Waals surface area contributed by atoms with Crippen molar-refractivity contribution in [3.8, 4) is 0 Å². The maximum Gasteiger partial charge on any atom is 0.186 e. The molecule has 0 radical (unpaired) electrons. The Morgan fingerprint density at radius 3 is 2.50 bits per heavy atom. The first-order valence-electron chi connectivity index (χ1n) is 5.49. The lowest BCUT2D eigenvalue weighted by Crippen LogP contribution is -2.34. The first-order valence-corrected chi connectivity index (χ1v) is 6.75. The zero-order chi connectivity index (χ0) is 12.1. The summed E-state index contributed by atoms with van der Waals surface area (Å²) < 4.78 is 0. The molecule has 0 fully saturated rings. The molecule has 0 N–H and O–H groups in total. The van der Waals surface area contributed by atoms with E-state index >= 15 is 0 Å². The molecule has 1 aromatic heterocycles. The lowest BCUT2D eigenvalue weighted by Gasteiger charge is -2.25. The van der Waals surface area contributed by atoms with Gasteiger partial charge in [0.05, 0.1) is 0 Å². The van der Waals surface area contributed by atoms with E-state index in [1.165, 1.54) is 0 Å². The molecule has 0 saturated heterocycles. The number of halogens is 1. The monoisotopic (exact) mass is 261 g/mol. The Labute approximate surface area is 107 Å². The number of thiazole rings is 1. The number of nitrogens with zero attached hydrogens (tertiary/aromatic N) is 3. The van der Waals surface area contributed by atoms with Crippen LogP contribution in [0.4, 0.5) is 5.13 Å². The van der Waals surface area contributed by atoms with Crippen molar-refractivity contribution in [2.45, 2.75) is 13.8 Å². The Morgan fingerprint density at radius 1 is 1.38 bits per heavy atom. The van der Waals surface area contributed by atoms with Crippen LogP contribution in [0.1, 0.15) is 13.8 Å². The summed E-state index contributed by atoms with van der Waals surface area (Å²) in [6.45, 7) is 7.49. The van der Waals surface area contributed by atoms with Crippen LogP contribution in [0.15, 0.2) is 5.38 Å². The van der Waals surface area contributed by atoms with E-state index < -0.39 is 0 Å². The lowest BCUT2D eigenvalue weighted by atomic mass is 10.2. The predicted molar refractivity (Wildman–Crippen MR) is 72.7 cm³/mol. The van der Waals surface area contributed by atoms with Crippen LogP contribution in [0.5, 0.6) is 0 Å². The Kier molecular flexibility index (Phi) is 5.52. The van der Waals surface area contributed by atoms with Crippen LogP contribution in [0, 0.1) is 5.92 Å². The van der Waals surface area contributed by atoms with E-state index in [-0.39, 0.29) is 0 Å². The summed E-state index contributed by atoms with van der Waals surface area (Å²) in [5, 5.41) is 3.51. The van der Waals surface area contributed by atoms with Gasteiger partial charge in [-0.3, -0.25) is 0 Å². The molecule has 0 aliphatic heterocycles. The minimum absolute atomic E-state index is 0.596. The van der Waals surface area contributed by atoms with Gasteiger partial charge in [0.15, 0.2) is 5.13 Å². The molecule has 16 heavy (non-hydrogen) atoms. The number of hydrogen-bond acceptors (Lipinski definition) is 4.